The predicted molar refractivity (Wildman–Crippen MR) is 69.7 cm³/mol. The Morgan fingerprint density at radius 3 is 2.21 bits per heavy atom. The van der Waals surface area contributed by atoms with E-state index in [-0.39, 0.29) is 4.88 Å². The second-order valence-corrected chi connectivity index (χ2v) is 4.93. The van der Waals surface area contributed by atoms with Crippen molar-refractivity contribution in [1.29, 1.82) is 0 Å². The first-order valence-electron chi connectivity index (χ1n) is 5.51. The van der Waals surface area contributed by atoms with Crippen molar-refractivity contribution in [2.24, 2.45) is 0 Å². The third-order valence-electron chi connectivity index (χ3n) is 2.65. The van der Waals surface area contributed by atoms with Crippen molar-refractivity contribution in [3.63, 3.8) is 0 Å². The van der Waals surface area contributed by atoms with Crippen LogP contribution in [0.2, 0.25) is 0 Å². The molecule has 0 unspecified atom stereocenters. The zero-order valence-corrected chi connectivity index (χ0v) is 10.6. The molecule has 100 valence electrons. The highest BCUT2D eigenvalue weighted by molar-refractivity contribution is 7.10. The number of halogens is 3. The molecule has 1 N–H and O–H groups in total. The van der Waals surface area contributed by atoms with E-state index in [2.05, 4.69) is 0 Å². The summed E-state index contributed by atoms with van der Waals surface area (Å²) in [6.07, 6.45) is -2.70. The van der Waals surface area contributed by atoms with Crippen LogP contribution >= 0.6 is 11.3 Å². The first-order chi connectivity index (χ1) is 8.93. The van der Waals surface area contributed by atoms with Crippen LogP contribution in [0.25, 0.3) is 6.08 Å². The standard InChI is InChI=1S/C14H11F3OS/c15-14(16,17)13(18,12-7-4-10-19-12)9-8-11-5-2-1-3-6-11/h1-10,18H/t13-/m0/s1. The number of aliphatic hydroxyl groups is 1. The third kappa shape index (κ3) is 2.88. The summed E-state index contributed by atoms with van der Waals surface area (Å²) in [6.45, 7) is 0. The van der Waals surface area contributed by atoms with Gasteiger partial charge in [-0.15, -0.1) is 11.3 Å². The molecule has 1 aromatic heterocycles. The lowest BCUT2D eigenvalue weighted by Crippen LogP contribution is -2.39. The van der Waals surface area contributed by atoms with Crippen molar-refractivity contribution in [1.82, 2.24) is 0 Å². The summed E-state index contributed by atoms with van der Waals surface area (Å²) in [7, 11) is 0. The van der Waals surface area contributed by atoms with Gasteiger partial charge in [-0.1, -0.05) is 42.5 Å². The van der Waals surface area contributed by atoms with Gasteiger partial charge in [-0.05, 0) is 23.1 Å². The third-order valence-corrected chi connectivity index (χ3v) is 3.64. The van der Waals surface area contributed by atoms with Crippen molar-refractivity contribution < 1.29 is 18.3 Å². The zero-order chi connectivity index (χ0) is 13.9. The van der Waals surface area contributed by atoms with Gasteiger partial charge in [0.1, 0.15) is 0 Å². The Morgan fingerprint density at radius 1 is 1.00 bits per heavy atom. The molecule has 0 saturated carbocycles. The number of hydrogen-bond donors (Lipinski definition) is 1. The van der Waals surface area contributed by atoms with E-state index in [0.717, 1.165) is 17.4 Å². The molecule has 0 spiro atoms. The molecule has 1 atom stereocenters. The Balaban J connectivity index is 2.38. The largest absolute Gasteiger partial charge is 0.425 e. The number of rotatable bonds is 3. The molecule has 0 aliphatic carbocycles. The minimum absolute atomic E-state index is 0.146. The van der Waals surface area contributed by atoms with Crippen LogP contribution in [0, 0.1) is 0 Å². The fourth-order valence-corrected chi connectivity index (χ4v) is 2.42. The lowest BCUT2D eigenvalue weighted by molar-refractivity contribution is -0.243. The van der Waals surface area contributed by atoms with Gasteiger partial charge in [-0.2, -0.15) is 13.2 Å². The summed E-state index contributed by atoms with van der Waals surface area (Å²) in [5.74, 6) is 0. The van der Waals surface area contributed by atoms with Crippen LogP contribution in [-0.2, 0) is 5.60 Å². The maximum Gasteiger partial charge on any atom is 0.425 e. The normalized spacial score (nSPS) is 15.6. The van der Waals surface area contributed by atoms with E-state index < -0.39 is 11.8 Å². The number of benzene rings is 1. The minimum atomic E-state index is -4.76. The first-order valence-corrected chi connectivity index (χ1v) is 6.39. The molecule has 0 radical (unpaired) electrons. The van der Waals surface area contributed by atoms with Gasteiger partial charge in [-0.3, -0.25) is 0 Å². The molecule has 1 heterocycles. The maximum absolute atomic E-state index is 13.1. The quantitative estimate of drug-likeness (QED) is 0.895. The Bertz CT molecular complexity index is 546. The number of alkyl halides is 3. The highest BCUT2D eigenvalue weighted by Crippen LogP contribution is 2.42. The average molecular weight is 284 g/mol. The molecule has 2 rings (SSSR count). The van der Waals surface area contributed by atoms with Gasteiger partial charge in [0.15, 0.2) is 0 Å². The summed E-state index contributed by atoms with van der Waals surface area (Å²) in [4.78, 5) is -0.146. The fraction of sp³-hybridized carbons (Fsp3) is 0.143. The summed E-state index contributed by atoms with van der Waals surface area (Å²) in [5.41, 5.74) is -2.35. The monoisotopic (exact) mass is 284 g/mol. The molecule has 5 heteroatoms. The summed E-state index contributed by atoms with van der Waals surface area (Å²) >= 11 is 0.871. The highest BCUT2D eigenvalue weighted by atomic mass is 32.1. The number of thiophene rings is 1. The Morgan fingerprint density at radius 2 is 1.68 bits per heavy atom. The van der Waals surface area contributed by atoms with Crippen molar-refractivity contribution in [3.05, 3.63) is 64.4 Å². The highest BCUT2D eigenvalue weighted by Gasteiger charge is 2.53. The lowest BCUT2D eigenvalue weighted by Gasteiger charge is -2.26. The van der Waals surface area contributed by atoms with Gasteiger partial charge in [0.2, 0.25) is 5.60 Å². The first kappa shape index (κ1) is 13.8. The minimum Gasteiger partial charge on any atom is -0.372 e. The van der Waals surface area contributed by atoms with Crippen molar-refractivity contribution in [2.45, 2.75) is 11.8 Å². The van der Waals surface area contributed by atoms with Gasteiger partial charge in [0, 0.05) is 4.88 Å². The molecule has 19 heavy (non-hydrogen) atoms. The fourth-order valence-electron chi connectivity index (χ4n) is 1.59. The molecule has 0 aliphatic rings. The topological polar surface area (TPSA) is 20.2 Å². The molecule has 0 saturated heterocycles. The SMILES string of the molecule is O[C@@](C=Cc1ccccc1)(c1cccs1)C(F)(F)F. The van der Waals surface area contributed by atoms with Gasteiger partial charge in [0.25, 0.3) is 0 Å². The van der Waals surface area contributed by atoms with E-state index >= 15 is 0 Å². The van der Waals surface area contributed by atoms with E-state index in [9.17, 15) is 18.3 Å². The Hall–Kier alpha value is -1.59. The van der Waals surface area contributed by atoms with Crippen molar-refractivity contribution >= 4 is 17.4 Å². The van der Waals surface area contributed by atoms with Crippen LogP contribution < -0.4 is 0 Å². The van der Waals surface area contributed by atoms with E-state index in [4.69, 9.17) is 0 Å². The molecular weight excluding hydrogens is 273 g/mol. The van der Waals surface area contributed by atoms with Crippen LogP contribution in [0.4, 0.5) is 13.2 Å². The maximum atomic E-state index is 13.1. The van der Waals surface area contributed by atoms with Gasteiger partial charge < -0.3 is 5.11 Å². The molecule has 1 aromatic carbocycles. The second-order valence-electron chi connectivity index (χ2n) is 3.99. The summed E-state index contributed by atoms with van der Waals surface area (Å²) in [5, 5.41) is 11.5. The molecule has 1 nitrogen and oxygen atoms in total. The van der Waals surface area contributed by atoms with Crippen LogP contribution in [0.3, 0.4) is 0 Å². The average Bonchev–Trinajstić information content (AvgIpc) is 2.90. The molecule has 2 aromatic rings. The number of hydrogen-bond acceptors (Lipinski definition) is 2. The van der Waals surface area contributed by atoms with Gasteiger partial charge >= 0.3 is 6.18 Å². The van der Waals surface area contributed by atoms with Crippen LogP contribution in [-0.4, -0.2) is 11.3 Å². The summed E-state index contributed by atoms with van der Waals surface area (Å²) < 4.78 is 39.2. The molecule has 0 fully saturated rings. The zero-order valence-electron chi connectivity index (χ0n) is 9.76. The predicted octanol–water partition coefficient (Wildman–Crippen LogP) is 4.21. The second kappa shape index (κ2) is 5.19. The summed E-state index contributed by atoms with van der Waals surface area (Å²) in [6, 6.07) is 11.3. The molecule has 0 aliphatic heterocycles. The van der Waals surface area contributed by atoms with E-state index in [1.54, 1.807) is 30.3 Å². The lowest BCUT2D eigenvalue weighted by atomic mass is 9.99. The van der Waals surface area contributed by atoms with E-state index in [0.29, 0.717) is 5.56 Å². The van der Waals surface area contributed by atoms with Crippen molar-refractivity contribution in [3.8, 4) is 0 Å². The van der Waals surface area contributed by atoms with E-state index in [1.165, 1.54) is 23.6 Å². The van der Waals surface area contributed by atoms with Crippen LogP contribution in [0.5, 0.6) is 0 Å². The Labute approximate surface area is 112 Å². The molecular formula is C14H11F3OS. The van der Waals surface area contributed by atoms with Crippen LogP contribution in [0.1, 0.15) is 10.4 Å². The van der Waals surface area contributed by atoms with Gasteiger partial charge in [-0.25, -0.2) is 0 Å². The smallest absolute Gasteiger partial charge is 0.372 e. The van der Waals surface area contributed by atoms with Gasteiger partial charge in [0.05, 0.1) is 0 Å². The van der Waals surface area contributed by atoms with E-state index in [1.807, 2.05) is 0 Å². The molecule has 0 bridgehead atoms. The molecule has 0 amide bonds. The Kier molecular flexibility index (Phi) is 3.78. The van der Waals surface area contributed by atoms with Crippen molar-refractivity contribution in [2.75, 3.05) is 0 Å². The van der Waals surface area contributed by atoms with Crippen LogP contribution in [0.15, 0.2) is 53.9 Å².